The van der Waals surface area contributed by atoms with Crippen LogP contribution < -0.4 is 16.3 Å². The molecule has 0 bridgehead atoms. The highest BCUT2D eigenvalue weighted by atomic mass is 16.2. The van der Waals surface area contributed by atoms with E-state index < -0.39 is 0 Å². The largest absolute Gasteiger partial charge is 0.345 e. The molecule has 2 amide bonds. The van der Waals surface area contributed by atoms with Gasteiger partial charge in [-0.05, 0) is 54.1 Å². The number of carbonyl (C=O) groups is 2. The maximum Gasteiger partial charge on any atom is 0.271 e. The quantitative estimate of drug-likeness (QED) is 0.259. The van der Waals surface area contributed by atoms with Gasteiger partial charge in [-0.2, -0.15) is 5.10 Å². The molecule has 0 spiro atoms. The van der Waals surface area contributed by atoms with Crippen LogP contribution in [0.2, 0.25) is 0 Å². The van der Waals surface area contributed by atoms with Gasteiger partial charge in [0, 0.05) is 11.1 Å². The lowest BCUT2D eigenvalue weighted by Gasteiger charge is -2.14. The molecule has 1 aromatic heterocycles. The van der Waals surface area contributed by atoms with Crippen molar-refractivity contribution in [2.24, 2.45) is 5.10 Å². The van der Waals surface area contributed by atoms with E-state index in [9.17, 15) is 14.4 Å². The molecule has 0 unspecified atom stereocenters. The fourth-order valence-corrected chi connectivity index (χ4v) is 3.94. The first-order chi connectivity index (χ1) is 18.6. The fourth-order valence-electron chi connectivity index (χ4n) is 3.94. The van der Waals surface area contributed by atoms with Crippen molar-refractivity contribution in [1.82, 2.24) is 20.3 Å². The zero-order valence-corrected chi connectivity index (χ0v) is 20.2. The normalized spacial score (nSPS) is 10.9. The summed E-state index contributed by atoms with van der Waals surface area (Å²) in [6.45, 7) is 0.0581. The van der Waals surface area contributed by atoms with Gasteiger partial charge in [-0.3, -0.25) is 19.0 Å². The number of carbonyl (C=O) groups excluding carboxylic acids is 2. The molecule has 0 aliphatic heterocycles. The van der Waals surface area contributed by atoms with Crippen LogP contribution in [0.5, 0.6) is 0 Å². The number of fused-ring (bicyclic) bond motifs is 1. The third-order valence-corrected chi connectivity index (χ3v) is 5.86. The van der Waals surface area contributed by atoms with E-state index in [-0.39, 0.29) is 23.9 Å². The summed E-state index contributed by atoms with van der Waals surface area (Å²) in [4.78, 5) is 42.9. The lowest BCUT2D eigenvalue weighted by Crippen LogP contribution is -2.30. The van der Waals surface area contributed by atoms with Crippen molar-refractivity contribution in [3.8, 4) is 5.69 Å². The number of hydrogen-bond donors (Lipinski definition) is 2. The fraction of sp³-hybridized carbons (Fsp3) is 0.0333. The Morgan fingerprint density at radius 2 is 1.37 bits per heavy atom. The molecule has 2 N–H and O–H groups in total. The Morgan fingerprint density at radius 1 is 0.763 bits per heavy atom. The third kappa shape index (κ3) is 5.39. The highest BCUT2D eigenvalue weighted by Gasteiger charge is 2.14. The van der Waals surface area contributed by atoms with E-state index in [4.69, 9.17) is 0 Å². The molecule has 5 aromatic rings. The Balaban J connectivity index is 1.40. The summed E-state index contributed by atoms with van der Waals surface area (Å²) in [5.74, 6) is -0.173. The predicted molar refractivity (Wildman–Crippen MR) is 146 cm³/mol. The summed E-state index contributed by atoms with van der Waals surface area (Å²) in [5, 5.41) is 7.35. The first kappa shape index (κ1) is 24.3. The number of benzene rings is 4. The number of nitrogens with one attached hydrogen (secondary N) is 2. The van der Waals surface area contributed by atoms with Gasteiger partial charge in [0.05, 0.1) is 29.3 Å². The molecular weight excluding hydrogens is 478 g/mol. The highest BCUT2D eigenvalue weighted by Crippen LogP contribution is 2.14. The first-order valence-corrected chi connectivity index (χ1v) is 11.9. The predicted octanol–water partition coefficient (Wildman–Crippen LogP) is 4.08. The molecule has 0 aliphatic rings. The van der Waals surface area contributed by atoms with Gasteiger partial charge >= 0.3 is 0 Å². The third-order valence-electron chi connectivity index (χ3n) is 5.86. The maximum absolute atomic E-state index is 13.5. The van der Waals surface area contributed by atoms with Gasteiger partial charge in [0.2, 0.25) is 0 Å². The van der Waals surface area contributed by atoms with E-state index >= 15 is 0 Å². The number of hydrazone groups is 1. The van der Waals surface area contributed by atoms with Crippen molar-refractivity contribution < 1.29 is 9.59 Å². The van der Waals surface area contributed by atoms with E-state index in [0.29, 0.717) is 33.5 Å². The molecule has 8 nitrogen and oxygen atoms in total. The van der Waals surface area contributed by atoms with Crippen molar-refractivity contribution in [3.05, 3.63) is 142 Å². The first-order valence-electron chi connectivity index (χ1n) is 11.9. The van der Waals surface area contributed by atoms with E-state index in [0.717, 1.165) is 5.56 Å². The van der Waals surface area contributed by atoms with Crippen LogP contribution >= 0.6 is 0 Å². The van der Waals surface area contributed by atoms with Crippen LogP contribution in [0, 0.1) is 0 Å². The monoisotopic (exact) mass is 501 g/mol. The van der Waals surface area contributed by atoms with Gasteiger partial charge in [0.1, 0.15) is 5.82 Å². The average Bonchev–Trinajstić information content (AvgIpc) is 2.97. The summed E-state index contributed by atoms with van der Waals surface area (Å²) in [7, 11) is 0. The maximum atomic E-state index is 13.5. The van der Waals surface area contributed by atoms with Crippen LogP contribution in [-0.2, 0) is 6.54 Å². The zero-order valence-electron chi connectivity index (χ0n) is 20.2. The lowest BCUT2D eigenvalue weighted by atomic mass is 10.2. The van der Waals surface area contributed by atoms with Crippen molar-refractivity contribution in [2.75, 3.05) is 0 Å². The Morgan fingerprint density at radius 3 is 2.05 bits per heavy atom. The van der Waals surface area contributed by atoms with E-state index in [2.05, 4.69) is 20.8 Å². The second-order valence-corrected chi connectivity index (χ2v) is 8.39. The van der Waals surface area contributed by atoms with Crippen LogP contribution in [0.25, 0.3) is 16.6 Å². The Hall–Kier alpha value is -5.37. The minimum atomic E-state index is -0.311. The molecule has 5 rings (SSSR count). The average molecular weight is 502 g/mol. The molecule has 0 saturated carbocycles. The van der Waals surface area contributed by atoms with Gasteiger partial charge in [-0.15, -0.1) is 0 Å². The molecule has 1 heterocycles. The SMILES string of the molecule is O=C(NCc1nc2ccccc2c(=O)n1-c1ccc(/C=N\NC(=O)c2ccccc2)cc1)c1ccccc1. The molecule has 38 heavy (non-hydrogen) atoms. The summed E-state index contributed by atoms with van der Waals surface area (Å²) in [6.07, 6.45) is 1.52. The number of para-hydroxylation sites is 1. The summed E-state index contributed by atoms with van der Waals surface area (Å²) in [5.41, 5.74) is 5.15. The minimum Gasteiger partial charge on any atom is -0.345 e. The van der Waals surface area contributed by atoms with Gasteiger partial charge in [-0.25, -0.2) is 10.4 Å². The van der Waals surface area contributed by atoms with Crippen molar-refractivity contribution >= 4 is 28.9 Å². The van der Waals surface area contributed by atoms with E-state index in [1.165, 1.54) is 10.8 Å². The van der Waals surface area contributed by atoms with E-state index in [1.54, 1.807) is 91.0 Å². The van der Waals surface area contributed by atoms with Crippen LogP contribution in [0.1, 0.15) is 32.1 Å². The van der Waals surface area contributed by atoms with Gasteiger partial charge < -0.3 is 5.32 Å². The van der Waals surface area contributed by atoms with Crippen LogP contribution in [0.4, 0.5) is 0 Å². The van der Waals surface area contributed by atoms with Gasteiger partial charge in [-0.1, -0.05) is 60.7 Å². The molecule has 0 fully saturated rings. The Bertz CT molecular complexity index is 1680. The molecular formula is C30H23N5O3. The number of rotatable bonds is 7. The molecule has 186 valence electrons. The standard InChI is InChI=1S/C30H23N5O3/c36-28(22-9-3-1-4-10-22)31-20-27-33-26-14-8-7-13-25(26)30(38)35(27)24-17-15-21(16-18-24)19-32-34-29(37)23-11-5-2-6-12-23/h1-19H,20H2,(H,31,36)(H,34,37)/b32-19-. The smallest absolute Gasteiger partial charge is 0.271 e. The van der Waals surface area contributed by atoms with Crippen molar-refractivity contribution in [3.63, 3.8) is 0 Å². The summed E-state index contributed by atoms with van der Waals surface area (Å²) < 4.78 is 1.49. The molecule has 4 aromatic carbocycles. The van der Waals surface area contributed by atoms with E-state index in [1.807, 2.05) is 18.2 Å². The van der Waals surface area contributed by atoms with Crippen LogP contribution in [0.15, 0.2) is 119 Å². The minimum absolute atomic E-state index is 0.0581. The molecule has 0 atom stereocenters. The second-order valence-electron chi connectivity index (χ2n) is 8.39. The summed E-state index contributed by atoms with van der Waals surface area (Å²) >= 11 is 0. The number of hydrogen-bond acceptors (Lipinski definition) is 5. The van der Waals surface area contributed by atoms with Crippen molar-refractivity contribution in [2.45, 2.75) is 6.54 Å². The second kappa shape index (κ2) is 11.1. The Kier molecular flexibility index (Phi) is 7.13. The number of nitrogens with zero attached hydrogens (tertiary/aromatic N) is 3. The Labute approximate surface area is 218 Å². The number of aromatic nitrogens is 2. The molecule has 8 heteroatoms. The van der Waals surface area contributed by atoms with Crippen LogP contribution in [0.3, 0.4) is 0 Å². The van der Waals surface area contributed by atoms with Crippen LogP contribution in [-0.4, -0.2) is 27.6 Å². The van der Waals surface area contributed by atoms with Crippen molar-refractivity contribution in [1.29, 1.82) is 0 Å². The highest BCUT2D eigenvalue weighted by molar-refractivity contribution is 5.95. The zero-order chi connectivity index (χ0) is 26.3. The van der Waals surface area contributed by atoms with Gasteiger partial charge in [0.15, 0.2) is 0 Å². The summed E-state index contributed by atoms with van der Waals surface area (Å²) in [6, 6.07) is 31.8. The number of amides is 2. The topological polar surface area (TPSA) is 105 Å². The molecule has 0 aliphatic carbocycles. The molecule has 0 saturated heterocycles. The lowest BCUT2D eigenvalue weighted by molar-refractivity contribution is 0.0944. The van der Waals surface area contributed by atoms with Gasteiger partial charge in [0.25, 0.3) is 17.4 Å². The molecule has 0 radical (unpaired) electrons.